The summed E-state index contributed by atoms with van der Waals surface area (Å²) >= 11 is 1.04. The Labute approximate surface area is 155 Å². The van der Waals surface area contributed by atoms with Crippen LogP contribution in [-0.4, -0.2) is 47.9 Å². The van der Waals surface area contributed by atoms with Gasteiger partial charge in [0.2, 0.25) is 0 Å². The van der Waals surface area contributed by atoms with Crippen LogP contribution in [0.25, 0.3) is 0 Å². The number of nitrogens with one attached hydrogen (secondary N) is 1. The molecule has 26 heavy (non-hydrogen) atoms. The molecule has 1 aromatic heterocycles. The number of pyridine rings is 1. The lowest BCUT2D eigenvalue weighted by Crippen LogP contribution is -2.51. The summed E-state index contributed by atoms with van der Waals surface area (Å²) in [5.41, 5.74) is 0.526. The van der Waals surface area contributed by atoms with Crippen molar-refractivity contribution in [3.05, 3.63) is 48.7 Å². The Balaban J connectivity index is 1.53. The van der Waals surface area contributed by atoms with Gasteiger partial charge in [-0.25, -0.2) is 4.98 Å². The predicted octanol–water partition coefficient (Wildman–Crippen LogP) is 1.94. The third-order valence-corrected chi connectivity index (χ3v) is 4.61. The lowest BCUT2D eigenvalue weighted by Gasteiger charge is -2.34. The number of piperazine rings is 1. The smallest absolute Gasteiger partial charge is 0.313 e. The quantitative estimate of drug-likeness (QED) is 0.507. The van der Waals surface area contributed by atoms with E-state index >= 15 is 0 Å². The van der Waals surface area contributed by atoms with Crippen molar-refractivity contribution in [1.29, 1.82) is 5.26 Å². The van der Waals surface area contributed by atoms with Crippen LogP contribution >= 0.6 is 11.8 Å². The van der Waals surface area contributed by atoms with Crippen molar-refractivity contribution in [2.75, 3.05) is 36.4 Å². The third-order valence-electron chi connectivity index (χ3n) is 4.01. The summed E-state index contributed by atoms with van der Waals surface area (Å²) in [6, 6.07) is 12.5. The molecule has 3 rings (SSSR count). The molecular weight excluding hydrogens is 350 g/mol. The summed E-state index contributed by atoms with van der Waals surface area (Å²) in [4.78, 5) is 33.3. The Morgan fingerprint density at radius 2 is 1.81 bits per heavy atom. The molecule has 1 aliphatic rings. The summed E-state index contributed by atoms with van der Waals surface area (Å²) in [6.45, 7) is 2.22. The number of thiocyanates is 1. The van der Waals surface area contributed by atoms with Gasteiger partial charge in [0.1, 0.15) is 11.2 Å². The Hall–Kier alpha value is -3.05. The average molecular weight is 367 g/mol. The van der Waals surface area contributed by atoms with Crippen LogP contribution in [0.15, 0.2) is 53.6 Å². The SMILES string of the molecule is N#CSc1ccc(NC(=O)C(=O)N2CCN(c3ccccn3)CC2)cc1. The molecule has 0 atom stereocenters. The van der Waals surface area contributed by atoms with Crippen LogP contribution in [0.5, 0.6) is 0 Å². The predicted molar refractivity (Wildman–Crippen MR) is 99.6 cm³/mol. The molecular formula is C18H17N5O2S. The maximum absolute atomic E-state index is 12.3. The number of anilines is 2. The molecule has 1 aliphatic heterocycles. The van der Waals surface area contributed by atoms with Gasteiger partial charge in [-0.1, -0.05) is 6.07 Å². The monoisotopic (exact) mass is 367 g/mol. The Bertz CT molecular complexity index is 812. The van der Waals surface area contributed by atoms with Crippen molar-refractivity contribution < 1.29 is 9.59 Å². The van der Waals surface area contributed by atoms with Gasteiger partial charge in [0.15, 0.2) is 0 Å². The zero-order valence-corrected chi connectivity index (χ0v) is 14.8. The van der Waals surface area contributed by atoms with Crippen molar-refractivity contribution in [2.24, 2.45) is 0 Å². The molecule has 1 N–H and O–H groups in total. The Kier molecular flexibility index (Phi) is 5.71. The molecule has 2 aromatic rings. The van der Waals surface area contributed by atoms with Crippen LogP contribution in [0.2, 0.25) is 0 Å². The van der Waals surface area contributed by atoms with Gasteiger partial charge in [-0.15, -0.1) is 0 Å². The fraction of sp³-hybridized carbons (Fsp3) is 0.222. The van der Waals surface area contributed by atoms with E-state index in [0.717, 1.165) is 22.5 Å². The largest absolute Gasteiger partial charge is 0.353 e. The van der Waals surface area contributed by atoms with E-state index in [1.165, 1.54) is 0 Å². The van der Waals surface area contributed by atoms with Crippen LogP contribution in [-0.2, 0) is 9.59 Å². The Morgan fingerprint density at radius 3 is 2.42 bits per heavy atom. The molecule has 0 unspecified atom stereocenters. The van der Waals surface area contributed by atoms with Crippen LogP contribution in [0.4, 0.5) is 11.5 Å². The maximum Gasteiger partial charge on any atom is 0.313 e. The minimum absolute atomic E-state index is 0.473. The topological polar surface area (TPSA) is 89.3 Å². The first-order chi connectivity index (χ1) is 12.7. The van der Waals surface area contributed by atoms with E-state index in [-0.39, 0.29) is 0 Å². The Morgan fingerprint density at radius 1 is 1.08 bits per heavy atom. The van der Waals surface area contributed by atoms with E-state index in [0.29, 0.717) is 31.9 Å². The molecule has 1 fully saturated rings. The fourth-order valence-electron chi connectivity index (χ4n) is 2.67. The van der Waals surface area contributed by atoms with Gasteiger partial charge in [0.05, 0.1) is 0 Å². The average Bonchev–Trinajstić information content (AvgIpc) is 2.70. The number of benzene rings is 1. The second-order valence-corrected chi connectivity index (χ2v) is 6.50. The van der Waals surface area contributed by atoms with Crippen LogP contribution in [0.1, 0.15) is 0 Å². The summed E-state index contributed by atoms with van der Waals surface area (Å²) in [5.74, 6) is -0.322. The first-order valence-corrected chi connectivity index (χ1v) is 8.91. The fourth-order valence-corrected chi connectivity index (χ4v) is 3.04. The summed E-state index contributed by atoms with van der Waals surface area (Å²) in [7, 11) is 0. The summed E-state index contributed by atoms with van der Waals surface area (Å²) < 4.78 is 0. The van der Waals surface area contributed by atoms with Crippen LogP contribution in [0, 0.1) is 10.7 Å². The van der Waals surface area contributed by atoms with Gasteiger partial charge in [-0.05, 0) is 48.2 Å². The van der Waals surface area contributed by atoms with Crippen molar-refractivity contribution >= 4 is 35.1 Å². The normalized spacial score (nSPS) is 13.8. The standard InChI is InChI=1S/C18H17N5O2S/c19-13-26-15-6-4-14(5-7-15)21-17(24)18(25)23-11-9-22(10-12-23)16-3-1-2-8-20-16/h1-8H,9-12H2,(H,21,24). The van der Waals surface area contributed by atoms with E-state index in [9.17, 15) is 9.59 Å². The second-order valence-electron chi connectivity index (χ2n) is 5.64. The van der Waals surface area contributed by atoms with Gasteiger partial charge in [-0.2, -0.15) is 5.26 Å². The number of hydrogen-bond acceptors (Lipinski definition) is 6. The molecule has 7 nitrogen and oxygen atoms in total. The number of nitriles is 1. The van der Waals surface area contributed by atoms with E-state index in [4.69, 9.17) is 5.26 Å². The van der Waals surface area contributed by atoms with Gasteiger partial charge < -0.3 is 15.1 Å². The number of rotatable bonds is 3. The van der Waals surface area contributed by atoms with Crippen molar-refractivity contribution in [3.8, 4) is 5.40 Å². The highest BCUT2D eigenvalue weighted by Crippen LogP contribution is 2.19. The summed E-state index contributed by atoms with van der Waals surface area (Å²) in [6.07, 6.45) is 1.74. The first-order valence-electron chi connectivity index (χ1n) is 8.09. The number of hydrogen-bond donors (Lipinski definition) is 1. The van der Waals surface area contributed by atoms with Gasteiger partial charge in [0.25, 0.3) is 0 Å². The molecule has 2 heterocycles. The molecule has 1 aromatic carbocycles. The van der Waals surface area contributed by atoms with Crippen molar-refractivity contribution in [3.63, 3.8) is 0 Å². The number of nitrogens with zero attached hydrogens (tertiary/aromatic N) is 4. The molecule has 0 bridgehead atoms. The molecule has 8 heteroatoms. The lowest BCUT2D eigenvalue weighted by molar-refractivity contribution is -0.143. The summed E-state index contributed by atoms with van der Waals surface area (Å²) in [5, 5.41) is 13.2. The molecule has 0 spiro atoms. The minimum Gasteiger partial charge on any atom is -0.353 e. The first kappa shape index (κ1) is 17.8. The maximum atomic E-state index is 12.3. The van der Waals surface area contributed by atoms with E-state index in [1.54, 1.807) is 35.4 Å². The zero-order valence-electron chi connectivity index (χ0n) is 14.0. The molecule has 0 saturated carbocycles. The van der Waals surface area contributed by atoms with Crippen LogP contribution in [0.3, 0.4) is 0 Å². The van der Waals surface area contributed by atoms with Gasteiger partial charge >= 0.3 is 11.8 Å². The van der Waals surface area contributed by atoms with Gasteiger partial charge in [0, 0.05) is 43.0 Å². The highest BCUT2D eigenvalue weighted by Gasteiger charge is 2.26. The van der Waals surface area contributed by atoms with Crippen molar-refractivity contribution in [1.82, 2.24) is 9.88 Å². The van der Waals surface area contributed by atoms with Gasteiger partial charge in [-0.3, -0.25) is 9.59 Å². The molecule has 1 saturated heterocycles. The number of carbonyl (C=O) groups excluding carboxylic acids is 2. The van der Waals surface area contributed by atoms with E-state index in [1.807, 2.05) is 23.6 Å². The second kappa shape index (κ2) is 8.36. The number of amides is 2. The van der Waals surface area contributed by atoms with Crippen molar-refractivity contribution in [2.45, 2.75) is 4.90 Å². The molecule has 132 valence electrons. The number of aromatic nitrogens is 1. The van der Waals surface area contributed by atoms with E-state index < -0.39 is 11.8 Å². The highest BCUT2D eigenvalue weighted by molar-refractivity contribution is 8.03. The number of thioether (sulfide) groups is 1. The minimum atomic E-state index is -0.656. The third kappa shape index (κ3) is 4.32. The lowest BCUT2D eigenvalue weighted by atomic mass is 10.2. The van der Waals surface area contributed by atoms with E-state index in [2.05, 4.69) is 15.2 Å². The van der Waals surface area contributed by atoms with Crippen LogP contribution < -0.4 is 10.2 Å². The molecule has 2 amide bonds. The highest BCUT2D eigenvalue weighted by atomic mass is 32.2. The molecule has 0 radical (unpaired) electrons. The zero-order chi connectivity index (χ0) is 18.4. The number of carbonyl (C=O) groups is 2. The molecule has 0 aliphatic carbocycles.